The summed E-state index contributed by atoms with van der Waals surface area (Å²) in [6.07, 6.45) is 0. The van der Waals surface area contributed by atoms with Crippen LogP contribution in [0.5, 0.6) is 17.2 Å². The van der Waals surface area contributed by atoms with Gasteiger partial charge < -0.3 is 14.2 Å². The fraction of sp³-hybridized carbons (Fsp3) is 0.182. The molecular formula is C22H23NO5S. The average Bonchev–Trinajstić information content (AvgIpc) is 2.78. The molecule has 0 unspecified atom stereocenters. The van der Waals surface area contributed by atoms with Gasteiger partial charge in [-0.2, -0.15) is 0 Å². The van der Waals surface area contributed by atoms with E-state index in [9.17, 15) is 8.42 Å². The van der Waals surface area contributed by atoms with Crippen LogP contribution in [0.4, 0.5) is 5.69 Å². The summed E-state index contributed by atoms with van der Waals surface area (Å²) in [7, 11) is 0.821. The van der Waals surface area contributed by atoms with Crippen molar-refractivity contribution in [1.29, 1.82) is 0 Å². The number of hydrogen-bond donors (Lipinski definition) is 0. The van der Waals surface area contributed by atoms with Crippen molar-refractivity contribution in [2.24, 2.45) is 0 Å². The molecule has 3 aromatic carbocycles. The van der Waals surface area contributed by atoms with Crippen LogP contribution in [0.15, 0.2) is 77.7 Å². The van der Waals surface area contributed by atoms with E-state index >= 15 is 0 Å². The van der Waals surface area contributed by atoms with Gasteiger partial charge in [0.05, 0.1) is 38.5 Å². The predicted molar refractivity (Wildman–Crippen MR) is 112 cm³/mol. The molecule has 7 heteroatoms. The van der Waals surface area contributed by atoms with Gasteiger partial charge in [0.15, 0.2) is 0 Å². The minimum atomic E-state index is -3.84. The van der Waals surface area contributed by atoms with Gasteiger partial charge in [-0.25, -0.2) is 8.42 Å². The molecule has 0 spiro atoms. The SMILES string of the molecule is COc1ccc(CN(c2ccc(OC)cc2)S(=O)(=O)c2cccc(OC)c2)cc1. The summed E-state index contributed by atoms with van der Waals surface area (Å²) >= 11 is 0. The third kappa shape index (κ3) is 4.63. The topological polar surface area (TPSA) is 65.1 Å². The van der Waals surface area contributed by atoms with E-state index in [1.807, 2.05) is 12.1 Å². The van der Waals surface area contributed by atoms with Gasteiger partial charge in [-0.15, -0.1) is 0 Å². The average molecular weight is 413 g/mol. The Morgan fingerprint density at radius 3 is 1.83 bits per heavy atom. The largest absolute Gasteiger partial charge is 0.497 e. The van der Waals surface area contributed by atoms with Gasteiger partial charge in [-0.1, -0.05) is 18.2 Å². The van der Waals surface area contributed by atoms with Gasteiger partial charge in [0.1, 0.15) is 17.2 Å². The molecule has 0 saturated heterocycles. The molecule has 152 valence electrons. The first-order chi connectivity index (χ1) is 14.0. The quantitative estimate of drug-likeness (QED) is 0.556. The highest BCUT2D eigenvalue weighted by molar-refractivity contribution is 7.92. The van der Waals surface area contributed by atoms with Gasteiger partial charge in [-0.3, -0.25) is 4.31 Å². The Morgan fingerprint density at radius 2 is 1.28 bits per heavy atom. The molecule has 0 atom stereocenters. The summed E-state index contributed by atoms with van der Waals surface area (Å²) < 4.78 is 43.9. The monoisotopic (exact) mass is 413 g/mol. The van der Waals surface area contributed by atoms with Gasteiger partial charge in [0.2, 0.25) is 0 Å². The molecule has 0 aliphatic heterocycles. The number of hydrogen-bond acceptors (Lipinski definition) is 5. The predicted octanol–water partition coefficient (Wildman–Crippen LogP) is 4.11. The second kappa shape index (κ2) is 8.87. The summed E-state index contributed by atoms with van der Waals surface area (Å²) in [5.74, 6) is 1.84. The Balaban J connectivity index is 2.04. The van der Waals surface area contributed by atoms with Crippen LogP contribution in [0.2, 0.25) is 0 Å². The highest BCUT2D eigenvalue weighted by Gasteiger charge is 2.26. The smallest absolute Gasteiger partial charge is 0.264 e. The molecule has 0 N–H and O–H groups in total. The molecule has 29 heavy (non-hydrogen) atoms. The summed E-state index contributed by atoms with van der Waals surface area (Å²) in [5, 5.41) is 0. The summed E-state index contributed by atoms with van der Waals surface area (Å²) in [5.41, 5.74) is 1.36. The molecule has 6 nitrogen and oxygen atoms in total. The first-order valence-corrected chi connectivity index (χ1v) is 10.4. The van der Waals surface area contributed by atoms with Crippen molar-refractivity contribution in [3.8, 4) is 17.2 Å². The number of ether oxygens (including phenoxy) is 3. The maximum Gasteiger partial charge on any atom is 0.264 e. The Labute approximate surface area is 171 Å². The van der Waals surface area contributed by atoms with Gasteiger partial charge in [-0.05, 0) is 54.1 Å². The molecule has 0 saturated carbocycles. The minimum Gasteiger partial charge on any atom is -0.497 e. The van der Waals surface area contributed by atoms with Crippen LogP contribution < -0.4 is 18.5 Å². The normalized spacial score (nSPS) is 11.0. The summed E-state index contributed by atoms with van der Waals surface area (Å²) in [6, 6.07) is 20.6. The van der Waals surface area contributed by atoms with E-state index < -0.39 is 10.0 Å². The molecule has 0 fully saturated rings. The van der Waals surface area contributed by atoms with E-state index in [2.05, 4.69) is 0 Å². The van der Waals surface area contributed by atoms with Crippen molar-refractivity contribution in [3.05, 3.63) is 78.4 Å². The zero-order valence-corrected chi connectivity index (χ0v) is 17.3. The third-order valence-electron chi connectivity index (χ3n) is 4.47. The highest BCUT2D eigenvalue weighted by Crippen LogP contribution is 2.29. The second-order valence-corrected chi connectivity index (χ2v) is 8.10. The molecule has 0 aliphatic carbocycles. The number of anilines is 1. The van der Waals surface area contributed by atoms with Crippen molar-refractivity contribution in [3.63, 3.8) is 0 Å². The molecule has 0 heterocycles. The summed E-state index contributed by atoms with van der Waals surface area (Å²) in [4.78, 5) is 0.154. The second-order valence-electron chi connectivity index (χ2n) is 6.24. The number of sulfonamides is 1. The molecule has 0 bridgehead atoms. The van der Waals surface area contributed by atoms with Crippen LogP contribution in [-0.4, -0.2) is 29.7 Å². The van der Waals surface area contributed by atoms with Crippen LogP contribution in [0.1, 0.15) is 5.56 Å². The van der Waals surface area contributed by atoms with E-state index in [4.69, 9.17) is 14.2 Å². The number of methoxy groups -OCH3 is 3. The van der Waals surface area contributed by atoms with Crippen molar-refractivity contribution in [2.75, 3.05) is 25.6 Å². The lowest BCUT2D eigenvalue weighted by Crippen LogP contribution is -2.30. The Bertz CT molecular complexity index is 1050. The zero-order chi connectivity index (χ0) is 20.9. The van der Waals surface area contributed by atoms with E-state index in [0.717, 1.165) is 5.56 Å². The molecule has 3 aromatic rings. The zero-order valence-electron chi connectivity index (χ0n) is 16.5. The van der Waals surface area contributed by atoms with Crippen LogP contribution in [0, 0.1) is 0 Å². The Morgan fingerprint density at radius 1 is 0.724 bits per heavy atom. The third-order valence-corrected chi connectivity index (χ3v) is 6.24. The van der Waals surface area contributed by atoms with E-state index in [1.54, 1.807) is 68.8 Å². The molecule has 3 rings (SSSR count). The minimum absolute atomic E-state index is 0.154. The number of nitrogens with zero attached hydrogens (tertiary/aromatic N) is 1. The molecule has 0 aromatic heterocycles. The van der Waals surface area contributed by atoms with Crippen LogP contribution >= 0.6 is 0 Å². The fourth-order valence-electron chi connectivity index (χ4n) is 2.85. The molecular weight excluding hydrogens is 390 g/mol. The molecule has 0 aliphatic rings. The van der Waals surface area contributed by atoms with Crippen LogP contribution in [-0.2, 0) is 16.6 Å². The van der Waals surface area contributed by atoms with Crippen LogP contribution in [0.3, 0.4) is 0 Å². The van der Waals surface area contributed by atoms with Crippen molar-refractivity contribution in [1.82, 2.24) is 0 Å². The standard InChI is InChI=1S/C22H23NO5S/c1-26-19-11-7-17(8-12-19)16-23(18-9-13-20(27-2)14-10-18)29(24,25)22-6-4-5-21(15-22)28-3/h4-15H,16H2,1-3H3. The lowest BCUT2D eigenvalue weighted by Gasteiger charge is -2.25. The van der Waals surface area contributed by atoms with E-state index in [1.165, 1.54) is 17.5 Å². The first kappa shape index (κ1) is 20.5. The maximum atomic E-state index is 13.5. The number of rotatable bonds is 8. The van der Waals surface area contributed by atoms with Crippen molar-refractivity contribution in [2.45, 2.75) is 11.4 Å². The van der Waals surface area contributed by atoms with Crippen molar-refractivity contribution < 1.29 is 22.6 Å². The van der Waals surface area contributed by atoms with E-state index in [-0.39, 0.29) is 11.4 Å². The first-order valence-electron chi connectivity index (χ1n) is 8.91. The van der Waals surface area contributed by atoms with Crippen molar-refractivity contribution >= 4 is 15.7 Å². The lowest BCUT2D eigenvalue weighted by atomic mass is 10.2. The lowest BCUT2D eigenvalue weighted by molar-refractivity contribution is 0.413. The Hall–Kier alpha value is -3.19. The van der Waals surface area contributed by atoms with E-state index in [0.29, 0.717) is 22.9 Å². The number of benzene rings is 3. The van der Waals surface area contributed by atoms with Gasteiger partial charge >= 0.3 is 0 Å². The fourth-order valence-corrected chi connectivity index (χ4v) is 4.34. The maximum absolute atomic E-state index is 13.5. The van der Waals surface area contributed by atoms with Gasteiger partial charge in [0, 0.05) is 6.07 Å². The molecule has 0 radical (unpaired) electrons. The van der Waals surface area contributed by atoms with Crippen LogP contribution in [0.25, 0.3) is 0 Å². The summed E-state index contributed by atoms with van der Waals surface area (Å²) in [6.45, 7) is 0.163. The molecule has 0 amide bonds. The highest BCUT2D eigenvalue weighted by atomic mass is 32.2. The Kier molecular flexibility index (Phi) is 6.29. The van der Waals surface area contributed by atoms with Gasteiger partial charge in [0.25, 0.3) is 10.0 Å².